The Morgan fingerprint density at radius 2 is 1.64 bits per heavy atom. The van der Waals surface area contributed by atoms with Crippen LogP contribution in [-0.2, 0) is 19.9 Å². The maximum Gasteiger partial charge on any atom is 0.287 e. The Balaban J connectivity index is 1.92. The Labute approximate surface area is 146 Å². The first-order valence-electron chi connectivity index (χ1n) is 7.40. The van der Waals surface area contributed by atoms with Crippen molar-refractivity contribution in [1.82, 2.24) is 10.0 Å². The van der Waals surface area contributed by atoms with Crippen molar-refractivity contribution < 1.29 is 26.0 Å². The number of amides is 1. The molecule has 0 radical (unpaired) electrons. The predicted molar refractivity (Wildman–Crippen MR) is 90.4 cm³/mol. The lowest BCUT2D eigenvalue weighted by Crippen LogP contribution is -2.34. The highest BCUT2D eigenvalue weighted by molar-refractivity contribution is 7.91. The van der Waals surface area contributed by atoms with Crippen molar-refractivity contribution >= 4 is 25.8 Å². The minimum atomic E-state index is -3.80. The molecule has 0 aliphatic heterocycles. The molecule has 136 valence electrons. The van der Waals surface area contributed by atoms with Gasteiger partial charge >= 0.3 is 0 Å². The van der Waals surface area contributed by atoms with Crippen LogP contribution < -0.4 is 10.0 Å². The zero-order valence-electron chi connectivity index (χ0n) is 13.4. The van der Waals surface area contributed by atoms with E-state index in [2.05, 4.69) is 10.0 Å². The van der Waals surface area contributed by atoms with E-state index in [1.54, 1.807) is 6.07 Å². The van der Waals surface area contributed by atoms with Crippen LogP contribution in [0, 0.1) is 0 Å². The van der Waals surface area contributed by atoms with Gasteiger partial charge in [0.05, 0.1) is 21.8 Å². The second-order valence-electron chi connectivity index (χ2n) is 5.01. The van der Waals surface area contributed by atoms with Gasteiger partial charge in [-0.25, -0.2) is 21.6 Å². The molecule has 0 atom stereocenters. The summed E-state index contributed by atoms with van der Waals surface area (Å²) in [4.78, 5) is 11.6. The van der Waals surface area contributed by atoms with Gasteiger partial charge in [-0.15, -0.1) is 0 Å². The Bertz CT molecular complexity index is 917. The fourth-order valence-electron chi connectivity index (χ4n) is 1.93. The minimum Gasteiger partial charge on any atom is -0.459 e. The molecule has 2 N–H and O–H groups in total. The van der Waals surface area contributed by atoms with Gasteiger partial charge in [0.25, 0.3) is 5.91 Å². The SMILES string of the molecule is CCS(=O)(=O)c1ccc(S(=O)(=O)NCCNC(=O)c2ccco2)cc1. The van der Waals surface area contributed by atoms with E-state index < -0.39 is 25.8 Å². The third-order valence-electron chi connectivity index (χ3n) is 3.32. The number of sulfone groups is 1. The molecular weight excluding hydrogens is 368 g/mol. The van der Waals surface area contributed by atoms with Crippen molar-refractivity contribution in [1.29, 1.82) is 0 Å². The molecule has 0 bridgehead atoms. The van der Waals surface area contributed by atoms with Gasteiger partial charge in [-0.2, -0.15) is 0 Å². The van der Waals surface area contributed by atoms with Gasteiger partial charge in [-0.1, -0.05) is 6.92 Å². The summed E-state index contributed by atoms with van der Waals surface area (Å²) in [5.74, 6) is -0.374. The number of furan rings is 1. The molecule has 2 rings (SSSR count). The number of benzene rings is 1. The average Bonchev–Trinajstić information content (AvgIpc) is 3.13. The third-order valence-corrected chi connectivity index (χ3v) is 6.55. The minimum absolute atomic E-state index is 0.0240. The highest BCUT2D eigenvalue weighted by Crippen LogP contribution is 2.15. The molecule has 8 nitrogen and oxygen atoms in total. The molecule has 0 saturated heterocycles. The summed E-state index contributed by atoms with van der Waals surface area (Å²) in [6.07, 6.45) is 1.36. The van der Waals surface area contributed by atoms with Gasteiger partial charge in [-0.3, -0.25) is 4.79 Å². The lowest BCUT2D eigenvalue weighted by Gasteiger charge is -2.08. The number of sulfonamides is 1. The molecule has 0 spiro atoms. The Hall–Kier alpha value is -2.17. The van der Waals surface area contributed by atoms with Gasteiger partial charge in [0.2, 0.25) is 10.0 Å². The Morgan fingerprint density at radius 3 is 2.20 bits per heavy atom. The number of carbonyl (C=O) groups is 1. The lowest BCUT2D eigenvalue weighted by atomic mass is 10.4. The molecule has 1 amide bonds. The number of hydrogen-bond acceptors (Lipinski definition) is 6. The number of rotatable bonds is 8. The highest BCUT2D eigenvalue weighted by atomic mass is 32.2. The molecular formula is C15H18N2O6S2. The van der Waals surface area contributed by atoms with Crippen LogP contribution in [-0.4, -0.2) is 41.6 Å². The van der Waals surface area contributed by atoms with E-state index in [0.29, 0.717) is 0 Å². The molecule has 0 unspecified atom stereocenters. The summed E-state index contributed by atoms with van der Waals surface area (Å²) in [6, 6.07) is 8.03. The Morgan fingerprint density at radius 1 is 1.00 bits per heavy atom. The maximum absolute atomic E-state index is 12.1. The first-order chi connectivity index (χ1) is 11.8. The van der Waals surface area contributed by atoms with Crippen LogP contribution in [0.4, 0.5) is 0 Å². The van der Waals surface area contributed by atoms with Crippen LogP contribution >= 0.6 is 0 Å². The fourth-order valence-corrected chi connectivity index (χ4v) is 3.85. The van der Waals surface area contributed by atoms with E-state index in [-0.39, 0.29) is 34.4 Å². The first kappa shape index (κ1) is 19.2. The largest absolute Gasteiger partial charge is 0.459 e. The summed E-state index contributed by atoms with van der Waals surface area (Å²) in [5.41, 5.74) is 0. The normalized spacial score (nSPS) is 12.0. The van der Waals surface area contributed by atoms with E-state index >= 15 is 0 Å². The predicted octanol–water partition coefficient (Wildman–Crippen LogP) is 0.782. The van der Waals surface area contributed by atoms with Crippen molar-refractivity contribution in [3.05, 3.63) is 48.4 Å². The highest BCUT2D eigenvalue weighted by Gasteiger charge is 2.16. The van der Waals surface area contributed by atoms with Crippen LogP contribution in [0.15, 0.2) is 56.9 Å². The van der Waals surface area contributed by atoms with E-state index in [1.165, 1.54) is 43.5 Å². The van der Waals surface area contributed by atoms with E-state index in [9.17, 15) is 21.6 Å². The van der Waals surface area contributed by atoms with Gasteiger partial charge in [0.1, 0.15) is 0 Å². The van der Waals surface area contributed by atoms with Gasteiger partial charge in [0, 0.05) is 13.1 Å². The first-order valence-corrected chi connectivity index (χ1v) is 10.5. The Kier molecular flexibility index (Phi) is 5.98. The summed E-state index contributed by atoms with van der Waals surface area (Å²) >= 11 is 0. The van der Waals surface area contributed by atoms with Gasteiger partial charge < -0.3 is 9.73 Å². The monoisotopic (exact) mass is 386 g/mol. The molecule has 25 heavy (non-hydrogen) atoms. The molecule has 1 aromatic carbocycles. The molecule has 2 aromatic rings. The molecule has 0 aliphatic rings. The number of carbonyl (C=O) groups excluding carboxylic acids is 1. The molecule has 0 fully saturated rings. The van der Waals surface area contributed by atoms with Gasteiger partial charge in [-0.05, 0) is 36.4 Å². The van der Waals surface area contributed by atoms with Crippen LogP contribution in [0.3, 0.4) is 0 Å². The fraction of sp³-hybridized carbons (Fsp3) is 0.267. The number of hydrogen-bond donors (Lipinski definition) is 2. The maximum atomic E-state index is 12.1. The molecule has 1 aromatic heterocycles. The van der Waals surface area contributed by atoms with Gasteiger partial charge in [0.15, 0.2) is 15.6 Å². The topological polar surface area (TPSA) is 123 Å². The molecule has 0 saturated carbocycles. The van der Waals surface area contributed by atoms with Crippen molar-refractivity contribution in [3.63, 3.8) is 0 Å². The van der Waals surface area contributed by atoms with E-state index in [0.717, 1.165) is 0 Å². The smallest absolute Gasteiger partial charge is 0.287 e. The second kappa shape index (κ2) is 7.81. The van der Waals surface area contributed by atoms with Crippen LogP contribution in [0.25, 0.3) is 0 Å². The quantitative estimate of drug-likeness (QED) is 0.647. The zero-order valence-corrected chi connectivity index (χ0v) is 15.1. The van der Waals surface area contributed by atoms with Crippen LogP contribution in [0.2, 0.25) is 0 Å². The zero-order chi connectivity index (χ0) is 18.5. The van der Waals surface area contributed by atoms with E-state index in [1.807, 2.05) is 0 Å². The summed E-state index contributed by atoms with van der Waals surface area (Å²) in [6.45, 7) is 1.56. The van der Waals surface area contributed by atoms with Crippen LogP contribution in [0.1, 0.15) is 17.5 Å². The van der Waals surface area contributed by atoms with Crippen molar-refractivity contribution in [2.45, 2.75) is 16.7 Å². The standard InChI is InChI=1S/C15H18N2O6S2/c1-2-24(19,20)12-5-7-13(8-6-12)25(21,22)17-10-9-16-15(18)14-4-3-11-23-14/h3-8,11,17H,2,9-10H2,1H3,(H,16,18). The lowest BCUT2D eigenvalue weighted by molar-refractivity contribution is 0.0926. The molecule has 0 aliphatic carbocycles. The third kappa shape index (κ3) is 4.91. The van der Waals surface area contributed by atoms with Crippen LogP contribution in [0.5, 0.6) is 0 Å². The van der Waals surface area contributed by atoms with Crippen molar-refractivity contribution in [2.24, 2.45) is 0 Å². The summed E-state index contributed by atoms with van der Waals surface area (Å²) in [7, 11) is -7.18. The van der Waals surface area contributed by atoms with Crippen molar-refractivity contribution in [2.75, 3.05) is 18.8 Å². The van der Waals surface area contributed by atoms with Crippen molar-refractivity contribution in [3.8, 4) is 0 Å². The average molecular weight is 386 g/mol. The second-order valence-corrected chi connectivity index (χ2v) is 9.05. The summed E-state index contributed by atoms with van der Waals surface area (Å²) in [5, 5.41) is 2.51. The molecule has 1 heterocycles. The van der Waals surface area contributed by atoms with E-state index in [4.69, 9.17) is 4.42 Å². The molecule has 10 heteroatoms. The number of nitrogens with one attached hydrogen (secondary N) is 2. The summed E-state index contributed by atoms with van der Waals surface area (Å²) < 4.78 is 55.0.